The van der Waals surface area contributed by atoms with Crippen molar-refractivity contribution in [3.63, 3.8) is 0 Å². The number of unbranched alkanes of at least 4 members (excludes halogenated alkanes) is 3. The van der Waals surface area contributed by atoms with Gasteiger partial charge in [0.05, 0.1) is 0 Å². The summed E-state index contributed by atoms with van der Waals surface area (Å²) in [4.78, 5) is 4.92. The lowest BCUT2D eigenvalue weighted by Crippen LogP contribution is -2.43. The fraction of sp³-hybridized carbons (Fsp3) is 0.857. The smallest absolute Gasteiger partial charge is 0.0157 e. The Morgan fingerprint density at radius 3 is 2.59 bits per heavy atom. The molecule has 0 saturated carbocycles. The van der Waals surface area contributed by atoms with Crippen LogP contribution in [0.15, 0.2) is 12.7 Å². The highest BCUT2D eigenvalue weighted by molar-refractivity contribution is 4.71. The SMILES string of the molecule is C=CCN(C)CCCCCCN1CCNCC1. The van der Waals surface area contributed by atoms with E-state index < -0.39 is 0 Å². The van der Waals surface area contributed by atoms with E-state index in [1.165, 1.54) is 65.0 Å². The van der Waals surface area contributed by atoms with Crippen molar-refractivity contribution in [2.75, 3.05) is 52.9 Å². The minimum Gasteiger partial charge on any atom is -0.314 e. The van der Waals surface area contributed by atoms with Crippen LogP contribution < -0.4 is 5.32 Å². The van der Waals surface area contributed by atoms with Crippen LogP contribution in [0.25, 0.3) is 0 Å². The van der Waals surface area contributed by atoms with Crippen molar-refractivity contribution in [2.24, 2.45) is 0 Å². The molecular formula is C14H29N3. The first kappa shape index (κ1) is 14.7. The van der Waals surface area contributed by atoms with E-state index in [1.54, 1.807) is 0 Å². The molecule has 1 aliphatic rings. The topological polar surface area (TPSA) is 18.5 Å². The van der Waals surface area contributed by atoms with Gasteiger partial charge in [0.25, 0.3) is 0 Å². The molecule has 1 aliphatic heterocycles. The zero-order valence-corrected chi connectivity index (χ0v) is 11.5. The summed E-state index contributed by atoms with van der Waals surface area (Å²) < 4.78 is 0. The zero-order valence-electron chi connectivity index (χ0n) is 11.5. The van der Waals surface area contributed by atoms with Crippen LogP contribution >= 0.6 is 0 Å². The largest absolute Gasteiger partial charge is 0.314 e. The van der Waals surface area contributed by atoms with Crippen molar-refractivity contribution in [3.8, 4) is 0 Å². The molecule has 0 aromatic rings. The molecule has 0 spiro atoms. The van der Waals surface area contributed by atoms with Crippen LogP contribution in [-0.2, 0) is 0 Å². The van der Waals surface area contributed by atoms with Crippen molar-refractivity contribution in [1.29, 1.82) is 0 Å². The molecule has 0 bridgehead atoms. The number of likely N-dealkylation sites (N-methyl/N-ethyl adjacent to an activating group) is 1. The third kappa shape index (κ3) is 7.53. The van der Waals surface area contributed by atoms with Crippen LogP contribution in [0.4, 0.5) is 0 Å². The Hall–Kier alpha value is -0.380. The summed E-state index contributed by atoms with van der Waals surface area (Å²) in [6.07, 6.45) is 7.42. The van der Waals surface area contributed by atoms with Gasteiger partial charge in [0.15, 0.2) is 0 Å². The van der Waals surface area contributed by atoms with Crippen molar-refractivity contribution in [2.45, 2.75) is 25.7 Å². The molecule has 100 valence electrons. The van der Waals surface area contributed by atoms with E-state index >= 15 is 0 Å². The second kappa shape index (κ2) is 9.63. The summed E-state index contributed by atoms with van der Waals surface area (Å²) >= 11 is 0. The molecule has 1 rings (SSSR count). The standard InChI is InChI=1S/C14H29N3/c1-3-10-16(2)11-6-4-5-7-12-17-13-8-15-9-14-17/h3,15H,1,4-14H2,2H3. The number of hydrogen-bond acceptors (Lipinski definition) is 3. The average Bonchev–Trinajstić information content (AvgIpc) is 2.35. The molecule has 1 saturated heterocycles. The zero-order chi connectivity index (χ0) is 12.3. The third-order valence-corrected chi connectivity index (χ3v) is 3.41. The van der Waals surface area contributed by atoms with Crippen molar-refractivity contribution in [1.82, 2.24) is 15.1 Å². The summed E-state index contributed by atoms with van der Waals surface area (Å²) in [6, 6.07) is 0. The maximum atomic E-state index is 3.76. The van der Waals surface area contributed by atoms with Gasteiger partial charge in [-0.05, 0) is 33.0 Å². The van der Waals surface area contributed by atoms with E-state index in [4.69, 9.17) is 0 Å². The van der Waals surface area contributed by atoms with E-state index in [2.05, 4.69) is 28.7 Å². The molecule has 17 heavy (non-hydrogen) atoms. The van der Waals surface area contributed by atoms with Gasteiger partial charge in [-0.25, -0.2) is 0 Å². The van der Waals surface area contributed by atoms with Gasteiger partial charge >= 0.3 is 0 Å². The molecule has 0 amide bonds. The predicted octanol–water partition coefficient (Wildman–Crippen LogP) is 1.57. The molecular weight excluding hydrogens is 210 g/mol. The summed E-state index contributed by atoms with van der Waals surface area (Å²) in [5, 5.41) is 3.39. The first-order valence-electron chi connectivity index (χ1n) is 7.05. The van der Waals surface area contributed by atoms with Gasteiger partial charge in [-0.2, -0.15) is 0 Å². The second-order valence-electron chi connectivity index (χ2n) is 5.06. The van der Waals surface area contributed by atoms with E-state index in [0.29, 0.717) is 0 Å². The van der Waals surface area contributed by atoms with Crippen LogP contribution in [0.2, 0.25) is 0 Å². The summed E-state index contributed by atoms with van der Waals surface area (Å²) in [5.74, 6) is 0. The molecule has 0 atom stereocenters. The highest BCUT2D eigenvalue weighted by Crippen LogP contribution is 2.03. The number of nitrogens with one attached hydrogen (secondary N) is 1. The Balaban J connectivity index is 1.85. The molecule has 3 nitrogen and oxygen atoms in total. The molecule has 3 heteroatoms. The Morgan fingerprint density at radius 1 is 1.18 bits per heavy atom. The Kier molecular flexibility index (Phi) is 8.32. The van der Waals surface area contributed by atoms with E-state index in [0.717, 1.165) is 6.54 Å². The molecule has 1 heterocycles. The predicted molar refractivity (Wildman–Crippen MR) is 75.5 cm³/mol. The van der Waals surface area contributed by atoms with Crippen LogP contribution in [0.1, 0.15) is 25.7 Å². The lowest BCUT2D eigenvalue weighted by atomic mass is 10.1. The molecule has 0 aliphatic carbocycles. The van der Waals surface area contributed by atoms with E-state index in [1.807, 2.05) is 6.08 Å². The van der Waals surface area contributed by atoms with Crippen molar-refractivity contribution >= 4 is 0 Å². The summed E-state index contributed by atoms with van der Waals surface area (Å²) in [6.45, 7) is 12.1. The average molecular weight is 239 g/mol. The molecule has 1 N–H and O–H groups in total. The number of piperazine rings is 1. The molecule has 0 unspecified atom stereocenters. The fourth-order valence-corrected chi connectivity index (χ4v) is 2.32. The highest BCUT2D eigenvalue weighted by atomic mass is 15.2. The first-order chi connectivity index (χ1) is 8.33. The monoisotopic (exact) mass is 239 g/mol. The van der Waals surface area contributed by atoms with Crippen LogP contribution in [-0.4, -0.2) is 62.7 Å². The first-order valence-corrected chi connectivity index (χ1v) is 7.05. The van der Waals surface area contributed by atoms with E-state index in [-0.39, 0.29) is 0 Å². The number of rotatable bonds is 9. The quantitative estimate of drug-likeness (QED) is 0.487. The van der Waals surface area contributed by atoms with Gasteiger partial charge in [0.1, 0.15) is 0 Å². The third-order valence-electron chi connectivity index (χ3n) is 3.41. The normalized spacial score (nSPS) is 17.5. The summed E-state index contributed by atoms with van der Waals surface area (Å²) in [5.41, 5.74) is 0. The van der Waals surface area contributed by atoms with Gasteiger partial charge in [-0.1, -0.05) is 18.9 Å². The van der Waals surface area contributed by atoms with Gasteiger partial charge in [0.2, 0.25) is 0 Å². The highest BCUT2D eigenvalue weighted by Gasteiger charge is 2.07. The van der Waals surface area contributed by atoms with Crippen molar-refractivity contribution < 1.29 is 0 Å². The van der Waals surface area contributed by atoms with Crippen LogP contribution in [0, 0.1) is 0 Å². The molecule has 0 aromatic carbocycles. The summed E-state index contributed by atoms with van der Waals surface area (Å²) in [7, 11) is 2.17. The maximum absolute atomic E-state index is 3.76. The Morgan fingerprint density at radius 2 is 1.88 bits per heavy atom. The lowest BCUT2D eigenvalue weighted by Gasteiger charge is -2.27. The van der Waals surface area contributed by atoms with Gasteiger partial charge in [0, 0.05) is 32.7 Å². The molecule has 0 radical (unpaired) electrons. The fourth-order valence-electron chi connectivity index (χ4n) is 2.32. The van der Waals surface area contributed by atoms with Gasteiger partial charge < -0.3 is 15.1 Å². The van der Waals surface area contributed by atoms with Crippen LogP contribution in [0.5, 0.6) is 0 Å². The van der Waals surface area contributed by atoms with Crippen LogP contribution in [0.3, 0.4) is 0 Å². The molecule has 1 fully saturated rings. The Labute approximate surface area is 107 Å². The number of nitrogens with zero attached hydrogens (tertiary/aromatic N) is 2. The maximum Gasteiger partial charge on any atom is 0.0157 e. The van der Waals surface area contributed by atoms with Crippen molar-refractivity contribution in [3.05, 3.63) is 12.7 Å². The lowest BCUT2D eigenvalue weighted by molar-refractivity contribution is 0.235. The minimum absolute atomic E-state index is 1.01. The van der Waals surface area contributed by atoms with Gasteiger partial charge in [-0.15, -0.1) is 6.58 Å². The Bertz CT molecular complexity index is 188. The van der Waals surface area contributed by atoms with Gasteiger partial charge in [-0.3, -0.25) is 0 Å². The number of hydrogen-bond donors (Lipinski definition) is 1. The minimum atomic E-state index is 1.01. The second-order valence-corrected chi connectivity index (χ2v) is 5.06. The van der Waals surface area contributed by atoms with E-state index in [9.17, 15) is 0 Å². The molecule has 0 aromatic heterocycles.